The largest absolute Gasteiger partial charge is 0.347 e. The first-order chi connectivity index (χ1) is 14.9. The van der Waals surface area contributed by atoms with E-state index in [2.05, 4.69) is 29.5 Å². The van der Waals surface area contributed by atoms with Crippen LogP contribution in [0.25, 0.3) is 6.08 Å². The number of carbonyl (C=O) groups excluding carboxylic acids is 2. The molecule has 5 heteroatoms. The Morgan fingerprint density at radius 3 is 2.19 bits per heavy atom. The van der Waals surface area contributed by atoms with Crippen LogP contribution in [0.1, 0.15) is 52.4 Å². The van der Waals surface area contributed by atoms with Crippen LogP contribution in [0.15, 0.2) is 78.8 Å². The summed E-state index contributed by atoms with van der Waals surface area (Å²) in [5, 5.41) is 5.64. The predicted octanol–water partition coefficient (Wildman–Crippen LogP) is 4.60. The minimum atomic E-state index is -0.356. The average Bonchev–Trinajstić information content (AvgIpc) is 2.78. The molecular formula is C26H27N3O2. The van der Waals surface area contributed by atoms with Crippen LogP contribution in [-0.2, 0) is 11.3 Å². The van der Waals surface area contributed by atoms with Gasteiger partial charge in [-0.2, -0.15) is 0 Å². The number of nitrogens with one attached hydrogen (secondary N) is 2. The molecule has 0 saturated carbocycles. The molecule has 0 spiro atoms. The monoisotopic (exact) mass is 413 g/mol. The van der Waals surface area contributed by atoms with Gasteiger partial charge in [0, 0.05) is 24.5 Å². The van der Waals surface area contributed by atoms with E-state index in [9.17, 15) is 9.59 Å². The van der Waals surface area contributed by atoms with E-state index < -0.39 is 0 Å². The maximum absolute atomic E-state index is 12.9. The first-order valence-electron chi connectivity index (χ1n) is 10.3. The van der Waals surface area contributed by atoms with Gasteiger partial charge in [-0.1, -0.05) is 55.8 Å². The molecule has 31 heavy (non-hydrogen) atoms. The third-order valence-electron chi connectivity index (χ3n) is 4.92. The second kappa shape index (κ2) is 10.3. The first-order valence-corrected chi connectivity index (χ1v) is 10.3. The Labute approximate surface area is 183 Å². The molecule has 0 aliphatic heterocycles. The zero-order chi connectivity index (χ0) is 22.2. The molecule has 1 heterocycles. The van der Waals surface area contributed by atoms with Crippen molar-refractivity contribution in [1.29, 1.82) is 0 Å². The standard InChI is InChI=1S/C26H27N3O2/c1-18(2)22-10-6-20(7-11-22)16-24(26(31)28-17-21-12-14-27-15-13-21)29-25(30)23-8-4-19(3)5-9-23/h4-16,18H,17H2,1-3H3,(H,28,31)(H,29,30). The van der Waals surface area contributed by atoms with Crippen LogP contribution < -0.4 is 10.6 Å². The molecule has 5 nitrogen and oxygen atoms in total. The molecule has 0 saturated heterocycles. The number of hydrogen-bond donors (Lipinski definition) is 2. The smallest absolute Gasteiger partial charge is 0.268 e. The molecular weight excluding hydrogens is 386 g/mol. The second-order valence-electron chi connectivity index (χ2n) is 7.74. The summed E-state index contributed by atoms with van der Waals surface area (Å²) < 4.78 is 0. The van der Waals surface area contributed by atoms with E-state index in [4.69, 9.17) is 0 Å². The molecule has 0 aliphatic rings. The van der Waals surface area contributed by atoms with Crippen molar-refractivity contribution in [3.63, 3.8) is 0 Å². The average molecular weight is 414 g/mol. The summed E-state index contributed by atoms with van der Waals surface area (Å²) in [5.74, 6) is -0.267. The van der Waals surface area contributed by atoms with Crippen LogP contribution in [-0.4, -0.2) is 16.8 Å². The van der Waals surface area contributed by atoms with Gasteiger partial charge in [0.15, 0.2) is 0 Å². The zero-order valence-electron chi connectivity index (χ0n) is 18.1. The molecule has 3 aromatic rings. The van der Waals surface area contributed by atoms with Crippen LogP contribution in [0.4, 0.5) is 0 Å². The number of hydrogen-bond acceptors (Lipinski definition) is 3. The number of carbonyl (C=O) groups is 2. The van der Waals surface area contributed by atoms with Crippen molar-refractivity contribution in [2.45, 2.75) is 33.2 Å². The lowest BCUT2D eigenvalue weighted by Crippen LogP contribution is -2.34. The highest BCUT2D eigenvalue weighted by Crippen LogP contribution is 2.16. The quantitative estimate of drug-likeness (QED) is 0.556. The van der Waals surface area contributed by atoms with Crippen molar-refractivity contribution in [3.05, 3.63) is 107 Å². The van der Waals surface area contributed by atoms with Crippen molar-refractivity contribution in [2.24, 2.45) is 0 Å². The Balaban J connectivity index is 1.82. The highest BCUT2D eigenvalue weighted by Gasteiger charge is 2.15. The lowest BCUT2D eigenvalue weighted by Gasteiger charge is -2.12. The Morgan fingerprint density at radius 2 is 1.58 bits per heavy atom. The van der Waals surface area contributed by atoms with Gasteiger partial charge in [-0.25, -0.2) is 0 Å². The van der Waals surface area contributed by atoms with Gasteiger partial charge < -0.3 is 10.6 Å². The van der Waals surface area contributed by atoms with Crippen molar-refractivity contribution >= 4 is 17.9 Å². The van der Waals surface area contributed by atoms with Crippen molar-refractivity contribution in [2.75, 3.05) is 0 Å². The van der Waals surface area contributed by atoms with Crippen molar-refractivity contribution in [3.8, 4) is 0 Å². The molecule has 0 unspecified atom stereocenters. The fourth-order valence-electron chi connectivity index (χ4n) is 2.98. The molecule has 158 valence electrons. The molecule has 3 rings (SSSR count). The fourth-order valence-corrected chi connectivity index (χ4v) is 2.98. The number of rotatable bonds is 7. The van der Waals surface area contributed by atoms with Gasteiger partial charge in [-0.15, -0.1) is 0 Å². The lowest BCUT2D eigenvalue weighted by molar-refractivity contribution is -0.117. The lowest BCUT2D eigenvalue weighted by atomic mass is 10.0. The predicted molar refractivity (Wildman–Crippen MR) is 123 cm³/mol. The van der Waals surface area contributed by atoms with Gasteiger partial charge in [0.2, 0.25) is 0 Å². The van der Waals surface area contributed by atoms with Gasteiger partial charge in [0.25, 0.3) is 11.8 Å². The Morgan fingerprint density at radius 1 is 0.935 bits per heavy atom. The molecule has 0 radical (unpaired) electrons. The van der Waals surface area contributed by atoms with E-state index in [0.717, 1.165) is 16.7 Å². The van der Waals surface area contributed by atoms with Crippen LogP contribution in [0.5, 0.6) is 0 Å². The normalized spacial score (nSPS) is 11.3. The summed E-state index contributed by atoms with van der Waals surface area (Å²) >= 11 is 0. The van der Waals surface area contributed by atoms with Crippen molar-refractivity contribution in [1.82, 2.24) is 15.6 Å². The highest BCUT2D eigenvalue weighted by atomic mass is 16.2. The second-order valence-corrected chi connectivity index (χ2v) is 7.74. The Kier molecular flexibility index (Phi) is 7.33. The van der Waals surface area contributed by atoms with Crippen LogP contribution in [0.2, 0.25) is 0 Å². The number of aryl methyl sites for hydroxylation is 1. The fraction of sp³-hybridized carbons (Fsp3) is 0.192. The summed E-state index contributed by atoms with van der Waals surface area (Å²) in [6.45, 7) is 6.56. The van der Waals surface area contributed by atoms with Gasteiger partial charge in [0.1, 0.15) is 5.70 Å². The van der Waals surface area contributed by atoms with E-state index in [1.807, 2.05) is 55.5 Å². The van der Waals surface area contributed by atoms with E-state index in [1.165, 1.54) is 5.56 Å². The molecule has 0 bridgehead atoms. The zero-order valence-corrected chi connectivity index (χ0v) is 18.1. The van der Waals surface area contributed by atoms with Gasteiger partial charge in [-0.05, 0) is 59.9 Å². The van der Waals surface area contributed by atoms with E-state index >= 15 is 0 Å². The molecule has 0 fully saturated rings. The number of nitrogens with zero attached hydrogens (tertiary/aromatic N) is 1. The SMILES string of the molecule is Cc1ccc(C(=O)NC(=Cc2ccc(C(C)C)cc2)C(=O)NCc2ccncc2)cc1. The van der Waals surface area contributed by atoms with Gasteiger partial charge >= 0.3 is 0 Å². The van der Waals surface area contributed by atoms with E-state index in [1.54, 1.807) is 30.6 Å². The molecule has 0 aliphatic carbocycles. The summed E-state index contributed by atoms with van der Waals surface area (Å²) in [5.41, 5.74) is 4.72. The molecule has 2 amide bonds. The third-order valence-corrected chi connectivity index (χ3v) is 4.92. The van der Waals surface area contributed by atoms with E-state index in [0.29, 0.717) is 18.0 Å². The summed E-state index contributed by atoms with van der Waals surface area (Å²) in [6, 6.07) is 18.9. The molecule has 2 N–H and O–H groups in total. The van der Waals surface area contributed by atoms with Crippen LogP contribution >= 0.6 is 0 Å². The van der Waals surface area contributed by atoms with Crippen LogP contribution in [0.3, 0.4) is 0 Å². The number of pyridine rings is 1. The Bertz CT molecular complexity index is 1050. The van der Waals surface area contributed by atoms with Crippen LogP contribution in [0, 0.1) is 6.92 Å². The maximum Gasteiger partial charge on any atom is 0.268 e. The topological polar surface area (TPSA) is 71.1 Å². The molecule has 0 atom stereocenters. The number of amides is 2. The summed E-state index contributed by atoms with van der Waals surface area (Å²) in [7, 11) is 0. The van der Waals surface area contributed by atoms with Gasteiger partial charge in [0.05, 0.1) is 0 Å². The Hall–Kier alpha value is -3.73. The minimum absolute atomic E-state index is 0.192. The van der Waals surface area contributed by atoms with Gasteiger partial charge in [-0.3, -0.25) is 14.6 Å². The molecule has 2 aromatic carbocycles. The maximum atomic E-state index is 12.9. The number of benzene rings is 2. The summed E-state index contributed by atoms with van der Waals surface area (Å²) in [6.07, 6.45) is 5.04. The highest BCUT2D eigenvalue weighted by molar-refractivity contribution is 6.05. The molecule has 1 aromatic heterocycles. The first kappa shape index (κ1) is 22.0. The minimum Gasteiger partial charge on any atom is -0.347 e. The third kappa shape index (κ3) is 6.37. The van der Waals surface area contributed by atoms with E-state index in [-0.39, 0.29) is 17.5 Å². The number of aromatic nitrogens is 1. The van der Waals surface area contributed by atoms with Crippen molar-refractivity contribution < 1.29 is 9.59 Å². The summed E-state index contributed by atoms with van der Waals surface area (Å²) in [4.78, 5) is 29.6.